The summed E-state index contributed by atoms with van der Waals surface area (Å²) in [5.41, 5.74) is -0.459. The van der Waals surface area contributed by atoms with E-state index in [1.807, 2.05) is 6.92 Å². The lowest BCUT2D eigenvalue weighted by Crippen LogP contribution is -2.38. The van der Waals surface area contributed by atoms with Crippen LogP contribution in [0.4, 0.5) is 0 Å². The molecular formula is C14H28N2O4. The van der Waals surface area contributed by atoms with Gasteiger partial charge in [0, 0.05) is 13.7 Å². The van der Waals surface area contributed by atoms with Crippen molar-refractivity contribution in [2.24, 2.45) is 0 Å². The molecule has 0 aliphatic rings. The molecule has 0 aromatic carbocycles. The Morgan fingerprint density at radius 2 is 1.45 bits per heavy atom. The van der Waals surface area contributed by atoms with Gasteiger partial charge in [0.1, 0.15) is 5.54 Å². The highest BCUT2D eigenvalue weighted by Gasteiger charge is 2.19. The Labute approximate surface area is 122 Å². The molecule has 6 nitrogen and oxygen atoms in total. The van der Waals surface area contributed by atoms with Gasteiger partial charge in [-0.25, -0.2) is 0 Å². The summed E-state index contributed by atoms with van der Waals surface area (Å²) in [5.74, 6) is 0. The summed E-state index contributed by atoms with van der Waals surface area (Å²) >= 11 is 0. The fraction of sp³-hybridized carbons (Fsp3) is 0.929. The van der Waals surface area contributed by atoms with Crippen LogP contribution in [0.15, 0.2) is 0 Å². The number of nitriles is 1. The second kappa shape index (κ2) is 13.3. The molecule has 0 spiro atoms. The monoisotopic (exact) mass is 288 g/mol. The second-order valence-corrected chi connectivity index (χ2v) is 4.63. The summed E-state index contributed by atoms with van der Waals surface area (Å²) in [6, 6.07) is 2.25. The fourth-order valence-electron chi connectivity index (χ4n) is 1.45. The molecule has 20 heavy (non-hydrogen) atoms. The molecule has 1 N–H and O–H groups in total. The average molecular weight is 288 g/mol. The van der Waals surface area contributed by atoms with Crippen LogP contribution in [0, 0.1) is 11.3 Å². The number of methoxy groups -OCH3 is 1. The molecule has 0 rings (SSSR count). The third-order valence-corrected chi connectivity index (χ3v) is 2.94. The molecule has 0 aromatic rings. The number of nitrogens with one attached hydrogen (secondary N) is 1. The van der Waals surface area contributed by atoms with Crippen molar-refractivity contribution in [2.45, 2.75) is 25.3 Å². The molecule has 0 aromatic heterocycles. The van der Waals surface area contributed by atoms with Crippen molar-refractivity contribution in [2.75, 3.05) is 60.4 Å². The molecule has 0 heterocycles. The zero-order chi connectivity index (χ0) is 15.1. The van der Waals surface area contributed by atoms with Crippen LogP contribution in [-0.4, -0.2) is 65.9 Å². The van der Waals surface area contributed by atoms with Crippen LogP contribution in [0.3, 0.4) is 0 Å². The topological polar surface area (TPSA) is 72.7 Å². The summed E-state index contributed by atoms with van der Waals surface area (Å²) in [7, 11) is 3.44. The first-order valence-corrected chi connectivity index (χ1v) is 7.01. The third kappa shape index (κ3) is 11.1. The molecule has 0 amide bonds. The second-order valence-electron chi connectivity index (χ2n) is 4.63. The van der Waals surface area contributed by atoms with Crippen LogP contribution in [0.2, 0.25) is 0 Å². The molecule has 118 valence electrons. The van der Waals surface area contributed by atoms with E-state index in [9.17, 15) is 0 Å². The average Bonchev–Trinajstić information content (AvgIpc) is 2.48. The fourth-order valence-corrected chi connectivity index (χ4v) is 1.45. The molecule has 1 atom stereocenters. The number of hydrogen-bond donors (Lipinski definition) is 1. The third-order valence-electron chi connectivity index (χ3n) is 2.94. The van der Waals surface area contributed by atoms with Gasteiger partial charge >= 0.3 is 0 Å². The van der Waals surface area contributed by atoms with Crippen molar-refractivity contribution in [3.63, 3.8) is 0 Å². The lowest BCUT2D eigenvalue weighted by molar-refractivity contribution is 0.00296. The Bertz CT molecular complexity index is 258. The number of hydrogen-bond acceptors (Lipinski definition) is 6. The van der Waals surface area contributed by atoms with E-state index in [4.69, 9.17) is 24.2 Å². The van der Waals surface area contributed by atoms with Crippen molar-refractivity contribution in [3.8, 4) is 6.07 Å². The van der Waals surface area contributed by atoms with Crippen LogP contribution in [-0.2, 0) is 18.9 Å². The number of ether oxygens (including phenoxy) is 4. The highest BCUT2D eigenvalue weighted by Crippen LogP contribution is 2.09. The SMILES string of the molecule is CNC(C)(C#N)CCCOCCOCCOCCOC. The Morgan fingerprint density at radius 3 is 1.90 bits per heavy atom. The van der Waals surface area contributed by atoms with Gasteiger partial charge in [0.2, 0.25) is 0 Å². The van der Waals surface area contributed by atoms with Gasteiger partial charge in [-0.05, 0) is 26.8 Å². The number of nitrogens with zero attached hydrogens (tertiary/aromatic N) is 1. The van der Waals surface area contributed by atoms with E-state index in [1.165, 1.54) is 0 Å². The van der Waals surface area contributed by atoms with Crippen LogP contribution in [0.5, 0.6) is 0 Å². The van der Waals surface area contributed by atoms with Gasteiger partial charge in [0.15, 0.2) is 0 Å². The van der Waals surface area contributed by atoms with Gasteiger partial charge in [0.25, 0.3) is 0 Å². The molecule has 0 saturated carbocycles. The van der Waals surface area contributed by atoms with E-state index in [1.54, 1.807) is 14.2 Å². The molecule has 1 unspecified atom stereocenters. The molecule has 0 bridgehead atoms. The van der Waals surface area contributed by atoms with Gasteiger partial charge in [-0.15, -0.1) is 0 Å². The van der Waals surface area contributed by atoms with Gasteiger partial charge in [-0.3, -0.25) is 0 Å². The minimum absolute atomic E-state index is 0.459. The van der Waals surface area contributed by atoms with Crippen LogP contribution in [0.1, 0.15) is 19.8 Å². The van der Waals surface area contributed by atoms with Crippen LogP contribution < -0.4 is 5.32 Å². The van der Waals surface area contributed by atoms with Crippen molar-refractivity contribution in [3.05, 3.63) is 0 Å². The summed E-state index contributed by atoms with van der Waals surface area (Å²) in [6.07, 6.45) is 1.62. The van der Waals surface area contributed by atoms with Crippen LogP contribution in [0.25, 0.3) is 0 Å². The maximum absolute atomic E-state index is 8.97. The zero-order valence-electron chi connectivity index (χ0n) is 12.9. The smallest absolute Gasteiger partial charge is 0.103 e. The molecule has 0 aliphatic heterocycles. The van der Waals surface area contributed by atoms with Crippen molar-refractivity contribution in [1.82, 2.24) is 5.32 Å². The highest BCUT2D eigenvalue weighted by molar-refractivity contribution is 5.02. The minimum Gasteiger partial charge on any atom is -0.382 e. The van der Waals surface area contributed by atoms with Gasteiger partial charge in [0.05, 0.1) is 45.7 Å². The van der Waals surface area contributed by atoms with E-state index < -0.39 is 5.54 Å². The maximum atomic E-state index is 8.97. The molecular weight excluding hydrogens is 260 g/mol. The Balaban J connectivity index is 3.20. The molecule has 0 saturated heterocycles. The maximum Gasteiger partial charge on any atom is 0.103 e. The lowest BCUT2D eigenvalue weighted by Gasteiger charge is -2.20. The van der Waals surface area contributed by atoms with E-state index in [0.29, 0.717) is 46.2 Å². The summed E-state index contributed by atoms with van der Waals surface area (Å²) in [5, 5.41) is 12.0. The van der Waals surface area contributed by atoms with Crippen molar-refractivity contribution >= 4 is 0 Å². The highest BCUT2D eigenvalue weighted by atomic mass is 16.6. The van der Waals surface area contributed by atoms with Gasteiger partial charge in [-0.1, -0.05) is 0 Å². The summed E-state index contributed by atoms with van der Waals surface area (Å²) < 4.78 is 20.9. The summed E-state index contributed by atoms with van der Waals surface area (Å²) in [6.45, 7) is 6.02. The van der Waals surface area contributed by atoms with E-state index in [-0.39, 0.29) is 0 Å². The van der Waals surface area contributed by atoms with E-state index in [2.05, 4.69) is 11.4 Å². The Hall–Kier alpha value is -0.710. The zero-order valence-corrected chi connectivity index (χ0v) is 12.9. The Morgan fingerprint density at radius 1 is 0.950 bits per heavy atom. The standard InChI is InChI=1S/C14H28N2O4/c1-14(13-15,16-2)5-4-6-18-9-10-20-12-11-19-8-7-17-3/h16H,4-12H2,1-3H3. The lowest BCUT2D eigenvalue weighted by atomic mass is 9.98. The molecule has 0 aliphatic carbocycles. The predicted octanol–water partition coefficient (Wildman–Crippen LogP) is 0.964. The van der Waals surface area contributed by atoms with E-state index in [0.717, 1.165) is 12.8 Å². The largest absolute Gasteiger partial charge is 0.382 e. The first-order valence-electron chi connectivity index (χ1n) is 7.01. The van der Waals surface area contributed by atoms with Crippen LogP contribution >= 0.6 is 0 Å². The first kappa shape index (κ1) is 19.3. The van der Waals surface area contributed by atoms with Gasteiger partial charge < -0.3 is 24.3 Å². The van der Waals surface area contributed by atoms with Crippen molar-refractivity contribution < 1.29 is 18.9 Å². The summed E-state index contributed by atoms with van der Waals surface area (Å²) in [4.78, 5) is 0. The molecule has 6 heteroatoms. The molecule has 0 fully saturated rings. The first-order chi connectivity index (χ1) is 9.68. The molecule has 0 radical (unpaired) electrons. The quantitative estimate of drug-likeness (QED) is 0.480. The minimum atomic E-state index is -0.459. The van der Waals surface area contributed by atoms with E-state index >= 15 is 0 Å². The van der Waals surface area contributed by atoms with Crippen molar-refractivity contribution in [1.29, 1.82) is 5.26 Å². The normalized spacial score (nSPS) is 13.9. The van der Waals surface area contributed by atoms with Gasteiger partial charge in [-0.2, -0.15) is 5.26 Å². The number of rotatable bonds is 14. The predicted molar refractivity (Wildman–Crippen MR) is 76.6 cm³/mol. The Kier molecular flexibility index (Phi) is 12.8.